The van der Waals surface area contributed by atoms with Gasteiger partial charge in [-0.15, -0.1) is 12.4 Å². The monoisotopic (exact) mass is 333 g/mol. The topological polar surface area (TPSA) is 72.4 Å². The van der Waals surface area contributed by atoms with E-state index in [0.717, 1.165) is 31.6 Å². The first-order valence-electron chi connectivity index (χ1n) is 6.88. The molecule has 5 nitrogen and oxygen atoms in total. The number of likely N-dealkylation sites (tertiary alicyclic amines) is 1. The van der Waals surface area contributed by atoms with Gasteiger partial charge < -0.3 is 5.73 Å². The van der Waals surface area contributed by atoms with Crippen LogP contribution in [0.4, 0.5) is 5.69 Å². The third kappa shape index (κ3) is 4.81. The van der Waals surface area contributed by atoms with Crippen molar-refractivity contribution in [2.24, 2.45) is 11.7 Å². The van der Waals surface area contributed by atoms with Gasteiger partial charge in [0, 0.05) is 31.3 Å². The van der Waals surface area contributed by atoms with E-state index in [4.69, 9.17) is 17.3 Å². The summed E-state index contributed by atoms with van der Waals surface area (Å²) in [7, 11) is 0. The van der Waals surface area contributed by atoms with Gasteiger partial charge in [0.15, 0.2) is 0 Å². The van der Waals surface area contributed by atoms with Crippen LogP contribution >= 0.6 is 24.0 Å². The van der Waals surface area contributed by atoms with Crippen molar-refractivity contribution in [1.29, 1.82) is 0 Å². The average Bonchev–Trinajstić information content (AvgIpc) is 2.41. The van der Waals surface area contributed by atoms with Crippen LogP contribution in [0.25, 0.3) is 0 Å². The number of nitro benzene ring substituents is 1. The van der Waals surface area contributed by atoms with E-state index in [0.29, 0.717) is 10.9 Å². The van der Waals surface area contributed by atoms with Crippen LogP contribution in [0.5, 0.6) is 0 Å². The maximum absolute atomic E-state index is 10.7. The van der Waals surface area contributed by atoms with Crippen molar-refractivity contribution < 1.29 is 4.92 Å². The lowest BCUT2D eigenvalue weighted by Crippen LogP contribution is -2.41. The minimum atomic E-state index is -0.428. The summed E-state index contributed by atoms with van der Waals surface area (Å²) in [5.74, 6) is 0.514. The molecule has 2 rings (SSSR count). The number of benzene rings is 1. The fraction of sp³-hybridized carbons (Fsp3) is 0.571. The molecule has 7 heteroatoms. The highest BCUT2D eigenvalue weighted by Gasteiger charge is 2.23. The molecule has 0 aliphatic carbocycles. The summed E-state index contributed by atoms with van der Waals surface area (Å²) in [6.45, 7) is 4.76. The Hall–Kier alpha value is -0.880. The number of rotatable bonds is 4. The first kappa shape index (κ1) is 18.2. The van der Waals surface area contributed by atoms with Gasteiger partial charge in [0.2, 0.25) is 0 Å². The van der Waals surface area contributed by atoms with E-state index >= 15 is 0 Å². The Morgan fingerprint density at radius 3 is 2.86 bits per heavy atom. The average molecular weight is 334 g/mol. The number of nitrogens with two attached hydrogens (primary N) is 1. The Morgan fingerprint density at radius 2 is 2.29 bits per heavy atom. The first-order chi connectivity index (χ1) is 9.47. The standard InChI is InChI=1S/C14H20ClN3O2.ClH/c1-10(16)11-3-2-6-17(8-11)9-12-4-5-13(18(19)20)7-14(12)15;/h4-5,7,10-11H,2-3,6,8-9,16H2,1H3;1H. The number of hydrogen-bond acceptors (Lipinski definition) is 4. The lowest BCUT2D eigenvalue weighted by Gasteiger charge is -2.34. The van der Waals surface area contributed by atoms with Gasteiger partial charge in [0.05, 0.1) is 9.95 Å². The van der Waals surface area contributed by atoms with Crippen molar-refractivity contribution in [2.75, 3.05) is 13.1 Å². The fourth-order valence-corrected chi connectivity index (χ4v) is 2.92. The predicted octanol–water partition coefficient (Wildman–Crippen LogP) is 3.23. The highest BCUT2D eigenvalue weighted by molar-refractivity contribution is 6.31. The minimum absolute atomic E-state index is 0. The number of hydrogen-bond donors (Lipinski definition) is 1. The largest absolute Gasteiger partial charge is 0.328 e. The number of non-ortho nitro benzene ring substituents is 1. The van der Waals surface area contributed by atoms with E-state index in [2.05, 4.69) is 4.90 Å². The van der Waals surface area contributed by atoms with Crippen molar-refractivity contribution in [2.45, 2.75) is 32.4 Å². The quantitative estimate of drug-likeness (QED) is 0.678. The van der Waals surface area contributed by atoms with E-state index in [9.17, 15) is 10.1 Å². The fourth-order valence-electron chi connectivity index (χ4n) is 2.68. The van der Waals surface area contributed by atoms with Crippen molar-refractivity contribution >= 4 is 29.7 Å². The normalized spacial score (nSPS) is 20.6. The van der Waals surface area contributed by atoms with Crippen molar-refractivity contribution in [1.82, 2.24) is 4.90 Å². The Kier molecular flexibility index (Phi) is 6.87. The molecule has 1 aliphatic heterocycles. The summed E-state index contributed by atoms with van der Waals surface area (Å²) < 4.78 is 0. The number of halogens is 2. The van der Waals surface area contributed by atoms with E-state index in [-0.39, 0.29) is 24.1 Å². The third-order valence-corrected chi connectivity index (χ3v) is 4.28. The molecular formula is C14H21Cl2N3O2. The van der Waals surface area contributed by atoms with Gasteiger partial charge in [-0.2, -0.15) is 0 Å². The SMILES string of the molecule is CC(N)C1CCCN(Cc2ccc([N+](=O)[O-])cc2Cl)C1.Cl. The van der Waals surface area contributed by atoms with Gasteiger partial charge in [0.25, 0.3) is 5.69 Å². The lowest BCUT2D eigenvalue weighted by molar-refractivity contribution is -0.384. The van der Waals surface area contributed by atoms with Crippen LogP contribution in [0.15, 0.2) is 18.2 Å². The van der Waals surface area contributed by atoms with E-state index in [1.165, 1.54) is 18.6 Å². The zero-order chi connectivity index (χ0) is 14.7. The Bertz CT molecular complexity index is 497. The van der Waals surface area contributed by atoms with Gasteiger partial charge in [0.1, 0.15) is 0 Å². The molecule has 0 saturated carbocycles. The van der Waals surface area contributed by atoms with E-state index < -0.39 is 4.92 Å². The van der Waals surface area contributed by atoms with Crippen LogP contribution in [0.1, 0.15) is 25.3 Å². The maximum Gasteiger partial charge on any atom is 0.270 e. The molecule has 21 heavy (non-hydrogen) atoms. The number of nitro groups is 1. The molecule has 1 fully saturated rings. The summed E-state index contributed by atoms with van der Waals surface area (Å²) in [6, 6.07) is 4.87. The van der Waals surface area contributed by atoms with Gasteiger partial charge in [-0.05, 0) is 43.9 Å². The van der Waals surface area contributed by atoms with Crippen LogP contribution < -0.4 is 5.73 Å². The second kappa shape index (κ2) is 7.94. The Morgan fingerprint density at radius 1 is 1.57 bits per heavy atom. The molecule has 2 unspecified atom stereocenters. The van der Waals surface area contributed by atoms with Gasteiger partial charge in [-0.1, -0.05) is 11.6 Å². The van der Waals surface area contributed by atoms with Gasteiger partial charge in [-0.25, -0.2) is 0 Å². The molecule has 1 saturated heterocycles. The number of piperidine rings is 1. The second-order valence-corrected chi connectivity index (χ2v) is 5.94. The third-order valence-electron chi connectivity index (χ3n) is 3.93. The maximum atomic E-state index is 10.7. The summed E-state index contributed by atoms with van der Waals surface area (Å²) in [6.07, 6.45) is 2.30. The molecule has 0 aromatic heterocycles. The molecular weight excluding hydrogens is 313 g/mol. The minimum Gasteiger partial charge on any atom is -0.328 e. The molecule has 0 radical (unpaired) electrons. The molecule has 0 spiro atoms. The molecule has 1 heterocycles. The summed E-state index contributed by atoms with van der Waals surface area (Å²) in [5.41, 5.74) is 6.94. The molecule has 2 N–H and O–H groups in total. The molecule has 1 aromatic rings. The molecule has 1 aromatic carbocycles. The first-order valence-corrected chi connectivity index (χ1v) is 7.26. The molecule has 0 bridgehead atoms. The molecule has 2 atom stereocenters. The molecule has 1 aliphatic rings. The Labute approximate surface area is 136 Å². The van der Waals surface area contributed by atoms with Crippen molar-refractivity contribution in [3.8, 4) is 0 Å². The van der Waals surface area contributed by atoms with Crippen molar-refractivity contribution in [3.05, 3.63) is 38.9 Å². The van der Waals surface area contributed by atoms with Crippen molar-refractivity contribution in [3.63, 3.8) is 0 Å². The van der Waals surface area contributed by atoms with Crippen LogP contribution in [0, 0.1) is 16.0 Å². The number of nitrogens with zero attached hydrogens (tertiary/aromatic N) is 2. The van der Waals surface area contributed by atoms with Gasteiger partial charge in [-0.3, -0.25) is 15.0 Å². The van der Waals surface area contributed by atoms with E-state index in [1.807, 2.05) is 6.92 Å². The Balaban J connectivity index is 0.00000220. The van der Waals surface area contributed by atoms with Gasteiger partial charge >= 0.3 is 0 Å². The highest BCUT2D eigenvalue weighted by Crippen LogP contribution is 2.26. The zero-order valence-electron chi connectivity index (χ0n) is 12.0. The van der Waals surface area contributed by atoms with E-state index in [1.54, 1.807) is 6.07 Å². The van der Waals surface area contributed by atoms with Crippen LogP contribution in [0.2, 0.25) is 5.02 Å². The lowest BCUT2D eigenvalue weighted by atomic mass is 9.92. The summed E-state index contributed by atoms with van der Waals surface area (Å²) in [4.78, 5) is 12.6. The molecule has 0 amide bonds. The molecule has 118 valence electrons. The summed E-state index contributed by atoms with van der Waals surface area (Å²) in [5, 5.41) is 11.2. The summed E-state index contributed by atoms with van der Waals surface area (Å²) >= 11 is 6.14. The smallest absolute Gasteiger partial charge is 0.270 e. The van der Waals surface area contributed by atoms with Crippen LogP contribution in [-0.2, 0) is 6.54 Å². The van der Waals surface area contributed by atoms with Crippen LogP contribution in [0.3, 0.4) is 0 Å². The second-order valence-electron chi connectivity index (χ2n) is 5.53. The zero-order valence-corrected chi connectivity index (χ0v) is 13.6. The van der Waals surface area contributed by atoms with Crippen LogP contribution in [-0.4, -0.2) is 29.0 Å². The predicted molar refractivity (Wildman–Crippen MR) is 87.0 cm³/mol. The highest BCUT2D eigenvalue weighted by atomic mass is 35.5.